The lowest BCUT2D eigenvalue weighted by Crippen LogP contribution is -2.42. The first kappa shape index (κ1) is 15.0. The average Bonchev–Trinajstić information content (AvgIpc) is 2.81. The van der Waals surface area contributed by atoms with Crippen molar-refractivity contribution in [2.45, 2.75) is 25.9 Å². The third-order valence-electron chi connectivity index (χ3n) is 3.53. The molecule has 2 atom stereocenters. The molecule has 1 aliphatic heterocycles. The van der Waals surface area contributed by atoms with Gasteiger partial charge in [0.15, 0.2) is 0 Å². The largest absolute Gasteiger partial charge is 0.480 e. The molecule has 0 saturated carbocycles. The third kappa shape index (κ3) is 3.81. The van der Waals surface area contributed by atoms with Crippen molar-refractivity contribution in [3.8, 4) is 0 Å². The van der Waals surface area contributed by atoms with E-state index in [0.29, 0.717) is 13.1 Å². The molecule has 2 N–H and O–H groups in total. The molecular formula is C15H18N2O4. The van der Waals surface area contributed by atoms with Crippen molar-refractivity contribution < 1.29 is 19.5 Å². The Morgan fingerprint density at radius 2 is 2.05 bits per heavy atom. The molecule has 1 aromatic carbocycles. The highest BCUT2D eigenvalue weighted by molar-refractivity contribution is 5.91. The van der Waals surface area contributed by atoms with E-state index in [1.54, 1.807) is 4.90 Å². The van der Waals surface area contributed by atoms with Crippen LogP contribution in [0, 0.1) is 5.92 Å². The van der Waals surface area contributed by atoms with Gasteiger partial charge in [-0.15, -0.1) is 0 Å². The van der Waals surface area contributed by atoms with Gasteiger partial charge in [0, 0.05) is 19.5 Å². The maximum absolute atomic E-state index is 12.0. The molecule has 0 aromatic heterocycles. The molecule has 6 nitrogen and oxygen atoms in total. The maximum atomic E-state index is 12.0. The van der Waals surface area contributed by atoms with Crippen LogP contribution in [0.1, 0.15) is 18.9 Å². The summed E-state index contributed by atoms with van der Waals surface area (Å²) in [4.78, 5) is 36.3. The van der Waals surface area contributed by atoms with E-state index in [9.17, 15) is 14.4 Å². The summed E-state index contributed by atoms with van der Waals surface area (Å²) in [6, 6.07) is 8.60. The molecule has 0 radical (unpaired) electrons. The molecule has 2 rings (SSSR count). The summed E-state index contributed by atoms with van der Waals surface area (Å²) in [5, 5.41) is 11.2. The minimum Gasteiger partial charge on any atom is -0.480 e. The van der Waals surface area contributed by atoms with Crippen molar-refractivity contribution >= 4 is 17.8 Å². The second-order valence-corrected chi connectivity index (χ2v) is 5.23. The number of hydrogen-bond acceptors (Lipinski definition) is 3. The number of amides is 2. The molecule has 1 heterocycles. The van der Waals surface area contributed by atoms with Gasteiger partial charge >= 0.3 is 5.97 Å². The number of nitrogens with zero attached hydrogens (tertiary/aromatic N) is 1. The van der Waals surface area contributed by atoms with Crippen molar-refractivity contribution in [3.63, 3.8) is 0 Å². The van der Waals surface area contributed by atoms with E-state index in [1.807, 2.05) is 30.3 Å². The summed E-state index contributed by atoms with van der Waals surface area (Å²) in [5.41, 5.74) is 1.01. The van der Waals surface area contributed by atoms with E-state index in [0.717, 1.165) is 5.56 Å². The second-order valence-electron chi connectivity index (χ2n) is 5.23. The first-order valence-electron chi connectivity index (χ1n) is 6.82. The highest BCUT2D eigenvalue weighted by Gasteiger charge is 2.35. The van der Waals surface area contributed by atoms with Crippen molar-refractivity contribution in [2.24, 2.45) is 5.92 Å². The number of nitrogens with one attached hydrogen (secondary N) is 1. The van der Waals surface area contributed by atoms with Gasteiger partial charge in [0.2, 0.25) is 11.8 Å². The molecule has 1 aromatic rings. The number of rotatable bonds is 5. The van der Waals surface area contributed by atoms with Gasteiger partial charge in [-0.1, -0.05) is 30.3 Å². The third-order valence-corrected chi connectivity index (χ3v) is 3.53. The number of carbonyl (C=O) groups is 3. The fraction of sp³-hybridized carbons (Fsp3) is 0.400. The lowest BCUT2D eigenvalue weighted by Gasteiger charge is -2.17. The monoisotopic (exact) mass is 290 g/mol. The number of carboxylic acid groups (broad SMARTS) is 1. The number of likely N-dealkylation sites (tertiary alicyclic amines) is 1. The van der Waals surface area contributed by atoms with Gasteiger partial charge in [-0.3, -0.25) is 14.4 Å². The molecule has 0 spiro atoms. The van der Waals surface area contributed by atoms with Crippen LogP contribution in [0.25, 0.3) is 0 Å². The van der Waals surface area contributed by atoms with Crippen LogP contribution in [0.15, 0.2) is 30.3 Å². The summed E-state index contributed by atoms with van der Waals surface area (Å²) >= 11 is 0. The van der Waals surface area contributed by atoms with Crippen molar-refractivity contribution in [3.05, 3.63) is 35.9 Å². The molecule has 0 aliphatic carbocycles. The van der Waals surface area contributed by atoms with E-state index >= 15 is 0 Å². The summed E-state index contributed by atoms with van der Waals surface area (Å²) in [6.45, 7) is 2.20. The number of benzene rings is 1. The van der Waals surface area contributed by atoms with Crippen LogP contribution >= 0.6 is 0 Å². The Balaban J connectivity index is 1.93. The van der Waals surface area contributed by atoms with Gasteiger partial charge in [0.05, 0.1) is 5.92 Å². The van der Waals surface area contributed by atoms with Gasteiger partial charge < -0.3 is 15.3 Å². The summed E-state index contributed by atoms with van der Waals surface area (Å²) in [7, 11) is 0. The van der Waals surface area contributed by atoms with Crippen LogP contribution in [0.2, 0.25) is 0 Å². The lowest BCUT2D eigenvalue weighted by molar-refractivity contribution is -0.141. The molecule has 1 unspecified atom stereocenters. The predicted molar refractivity (Wildman–Crippen MR) is 75.2 cm³/mol. The van der Waals surface area contributed by atoms with E-state index in [4.69, 9.17) is 5.11 Å². The molecule has 21 heavy (non-hydrogen) atoms. The van der Waals surface area contributed by atoms with E-state index in [-0.39, 0.29) is 18.2 Å². The normalized spacial score (nSPS) is 19.4. The number of carboxylic acids is 1. The highest BCUT2D eigenvalue weighted by Crippen LogP contribution is 2.20. The Hall–Kier alpha value is -2.37. The molecule has 2 amide bonds. The molecule has 6 heteroatoms. The van der Waals surface area contributed by atoms with E-state index in [1.165, 1.54) is 6.92 Å². The Morgan fingerprint density at radius 1 is 1.38 bits per heavy atom. The van der Waals surface area contributed by atoms with Crippen molar-refractivity contribution in [2.75, 3.05) is 6.54 Å². The minimum atomic E-state index is -1.09. The van der Waals surface area contributed by atoms with Crippen LogP contribution in [0.3, 0.4) is 0 Å². The average molecular weight is 290 g/mol. The fourth-order valence-electron chi connectivity index (χ4n) is 2.30. The fourth-order valence-corrected chi connectivity index (χ4v) is 2.30. The topological polar surface area (TPSA) is 86.7 Å². The van der Waals surface area contributed by atoms with E-state index in [2.05, 4.69) is 5.32 Å². The van der Waals surface area contributed by atoms with Crippen LogP contribution < -0.4 is 5.32 Å². The zero-order valence-corrected chi connectivity index (χ0v) is 11.8. The Kier molecular flexibility index (Phi) is 4.57. The predicted octanol–water partition coefficient (Wildman–Crippen LogP) is 0.624. The molecular weight excluding hydrogens is 272 g/mol. The molecule has 1 aliphatic rings. The first-order valence-corrected chi connectivity index (χ1v) is 6.82. The van der Waals surface area contributed by atoms with Gasteiger partial charge in [0.25, 0.3) is 0 Å². The van der Waals surface area contributed by atoms with Crippen LogP contribution in [-0.4, -0.2) is 40.4 Å². The summed E-state index contributed by atoms with van der Waals surface area (Å²) < 4.78 is 0. The van der Waals surface area contributed by atoms with E-state index < -0.39 is 17.9 Å². The standard InChI is InChI=1S/C15H18N2O4/c1-10(15(20)21)16-14(19)12-7-13(18)17(9-12)8-11-5-3-2-4-6-11/h2-6,10,12H,7-9H2,1H3,(H,16,19)(H,20,21)/t10-,12?/m0/s1. The molecule has 1 fully saturated rings. The van der Waals surface area contributed by atoms with Crippen molar-refractivity contribution in [1.29, 1.82) is 0 Å². The zero-order valence-electron chi connectivity index (χ0n) is 11.8. The van der Waals surface area contributed by atoms with Gasteiger partial charge in [-0.25, -0.2) is 0 Å². The maximum Gasteiger partial charge on any atom is 0.325 e. The molecule has 0 bridgehead atoms. The summed E-state index contributed by atoms with van der Waals surface area (Å²) in [5.74, 6) is -2.03. The smallest absolute Gasteiger partial charge is 0.325 e. The lowest BCUT2D eigenvalue weighted by atomic mass is 10.1. The van der Waals surface area contributed by atoms with Crippen LogP contribution in [0.4, 0.5) is 0 Å². The Bertz CT molecular complexity index is 544. The zero-order chi connectivity index (χ0) is 15.4. The van der Waals surface area contributed by atoms with Gasteiger partial charge in [0.1, 0.15) is 6.04 Å². The van der Waals surface area contributed by atoms with Crippen molar-refractivity contribution in [1.82, 2.24) is 10.2 Å². The Morgan fingerprint density at radius 3 is 2.67 bits per heavy atom. The second kappa shape index (κ2) is 6.39. The Labute approximate surface area is 122 Å². The quantitative estimate of drug-likeness (QED) is 0.832. The number of aliphatic carboxylic acids is 1. The first-order chi connectivity index (χ1) is 9.97. The number of hydrogen-bond donors (Lipinski definition) is 2. The molecule has 1 saturated heterocycles. The van der Waals surface area contributed by atoms with Crippen LogP contribution in [0.5, 0.6) is 0 Å². The summed E-state index contributed by atoms with van der Waals surface area (Å²) in [6.07, 6.45) is 0.130. The molecule has 112 valence electrons. The minimum absolute atomic E-state index is 0.0815. The van der Waals surface area contributed by atoms with Gasteiger partial charge in [-0.2, -0.15) is 0 Å². The van der Waals surface area contributed by atoms with Crippen LogP contribution in [-0.2, 0) is 20.9 Å². The number of carbonyl (C=O) groups excluding carboxylic acids is 2. The SMILES string of the molecule is C[C@H](NC(=O)C1CC(=O)N(Cc2ccccc2)C1)C(=O)O. The highest BCUT2D eigenvalue weighted by atomic mass is 16.4. The van der Waals surface area contributed by atoms with Gasteiger partial charge in [-0.05, 0) is 12.5 Å².